The monoisotopic (exact) mass is 223 g/mol. The number of nitrogens with two attached hydrogens (primary N) is 1. The third-order valence-corrected chi connectivity index (χ3v) is 2.34. The fraction of sp³-hybridized carbons (Fsp3) is 0.538. The van der Waals surface area contributed by atoms with Gasteiger partial charge in [-0.3, -0.25) is 0 Å². The first-order valence-electron chi connectivity index (χ1n) is 5.74. The molecule has 0 aliphatic carbocycles. The van der Waals surface area contributed by atoms with Crippen molar-refractivity contribution in [1.82, 2.24) is 0 Å². The van der Waals surface area contributed by atoms with Crippen LogP contribution in [0.5, 0.6) is 0 Å². The third kappa shape index (κ3) is 4.75. The maximum atomic E-state index is 6.01. The maximum Gasteiger partial charge on any atom is 0.0781 e. The molecule has 0 aromatic heterocycles. The molecule has 90 valence electrons. The van der Waals surface area contributed by atoms with Crippen molar-refractivity contribution >= 4 is 0 Å². The van der Waals surface area contributed by atoms with Crippen molar-refractivity contribution in [2.24, 2.45) is 5.73 Å². The van der Waals surface area contributed by atoms with Gasteiger partial charge >= 0.3 is 0 Å². The lowest BCUT2D eigenvalue weighted by Crippen LogP contribution is -2.23. The Morgan fingerprint density at radius 3 is 2.50 bits per heavy atom. The summed E-state index contributed by atoms with van der Waals surface area (Å²) in [6.07, 6.45) is 0.0923. The molecule has 2 N–H and O–H groups in total. The SMILES string of the molecule is CCOCC(C)OCC(N)c1ccccc1. The quantitative estimate of drug-likeness (QED) is 0.770. The van der Waals surface area contributed by atoms with Crippen molar-refractivity contribution in [3.05, 3.63) is 35.9 Å². The first kappa shape index (κ1) is 13.2. The largest absolute Gasteiger partial charge is 0.379 e. The van der Waals surface area contributed by atoms with E-state index in [1.54, 1.807) is 0 Å². The van der Waals surface area contributed by atoms with Crippen LogP contribution in [0.3, 0.4) is 0 Å². The van der Waals surface area contributed by atoms with Gasteiger partial charge in [-0.1, -0.05) is 30.3 Å². The molecule has 16 heavy (non-hydrogen) atoms. The van der Waals surface area contributed by atoms with E-state index in [9.17, 15) is 0 Å². The summed E-state index contributed by atoms with van der Waals surface area (Å²) in [4.78, 5) is 0. The van der Waals surface area contributed by atoms with E-state index < -0.39 is 0 Å². The second-order valence-electron chi connectivity index (χ2n) is 3.82. The first-order chi connectivity index (χ1) is 7.74. The van der Waals surface area contributed by atoms with E-state index in [-0.39, 0.29) is 12.1 Å². The minimum atomic E-state index is -0.0646. The van der Waals surface area contributed by atoms with E-state index in [1.807, 2.05) is 44.2 Å². The highest BCUT2D eigenvalue weighted by Gasteiger charge is 2.08. The highest BCUT2D eigenvalue weighted by molar-refractivity contribution is 5.18. The lowest BCUT2D eigenvalue weighted by molar-refractivity contribution is -0.00835. The summed E-state index contributed by atoms with van der Waals surface area (Å²) in [5.74, 6) is 0. The number of hydrogen-bond acceptors (Lipinski definition) is 3. The summed E-state index contributed by atoms with van der Waals surface area (Å²) in [6, 6.07) is 9.92. The van der Waals surface area contributed by atoms with Crippen LogP contribution in [0.1, 0.15) is 25.5 Å². The van der Waals surface area contributed by atoms with Crippen LogP contribution >= 0.6 is 0 Å². The highest BCUT2D eigenvalue weighted by Crippen LogP contribution is 2.10. The van der Waals surface area contributed by atoms with Crippen LogP contribution < -0.4 is 5.73 Å². The molecule has 2 unspecified atom stereocenters. The molecule has 0 bridgehead atoms. The van der Waals surface area contributed by atoms with Gasteiger partial charge in [-0.15, -0.1) is 0 Å². The molecule has 2 atom stereocenters. The van der Waals surface area contributed by atoms with Gasteiger partial charge in [0.2, 0.25) is 0 Å². The van der Waals surface area contributed by atoms with E-state index >= 15 is 0 Å². The molecule has 3 nitrogen and oxygen atoms in total. The van der Waals surface area contributed by atoms with E-state index in [2.05, 4.69) is 0 Å². The predicted octanol–water partition coefficient (Wildman–Crippen LogP) is 2.13. The van der Waals surface area contributed by atoms with Crippen molar-refractivity contribution in [3.63, 3.8) is 0 Å². The Hall–Kier alpha value is -0.900. The maximum absolute atomic E-state index is 6.01. The van der Waals surface area contributed by atoms with Gasteiger partial charge in [-0.2, -0.15) is 0 Å². The molecule has 1 rings (SSSR count). The summed E-state index contributed by atoms with van der Waals surface area (Å²) in [5, 5.41) is 0. The zero-order valence-corrected chi connectivity index (χ0v) is 10.1. The van der Waals surface area contributed by atoms with Crippen LogP contribution in [0, 0.1) is 0 Å². The zero-order chi connectivity index (χ0) is 11.8. The second-order valence-corrected chi connectivity index (χ2v) is 3.82. The fourth-order valence-electron chi connectivity index (χ4n) is 1.40. The lowest BCUT2D eigenvalue weighted by Gasteiger charge is -2.17. The summed E-state index contributed by atoms with van der Waals surface area (Å²) in [6.45, 7) is 5.84. The van der Waals surface area contributed by atoms with Crippen LogP contribution in [-0.2, 0) is 9.47 Å². The van der Waals surface area contributed by atoms with E-state index in [1.165, 1.54) is 0 Å². The van der Waals surface area contributed by atoms with Crippen molar-refractivity contribution in [2.75, 3.05) is 19.8 Å². The Morgan fingerprint density at radius 1 is 1.19 bits per heavy atom. The van der Waals surface area contributed by atoms with Gasteiger partial charge in [0.1, 0.15) is 0 Å². The molecule has 1 aromatic carbocycles. The molecule has 0 saturated carbocycles. The van der Waals surface area contributed by atoms with E-state index in [0.29, 0.717) is 13.2 Å². The Balaban J connectivity index is 2.27. The number of hydrogen-bond donors (Lipinski definition) is 1. The topological polar surface area (TPSA) is 44.5 Å². The minimum Gasteiger partial charge on any atom is -0.379 e. The summed E-state index contributed by atoms with van der Waals surface area (Å²) < 4.78 is 10.9. The number of ether oxygens (including phenoxy) is 2. The van der Waals surface area contributed by atoms with Crippen molar-refractivity contribution in [3.8, 4) is 0 Å². The molecule has 3 heteroatoms. The van der Waals surface area contributed by atoms with Gasteiger partial charge in [-0.25, -0.2) is 0 Å². The summed E-state index contributed by atoms with van der Waals surface area (Å²) >= 11 is 0. The Kier molecular flexibility index (Phi) is 6.08. The standard InChI is InChI=1S/C13H21NO2/c1-3-15-9-11(2)16-10-13(14)12-7-5-4-6-8-12/h4-8,11,13H,3,9-10,14H2,1-2H3. The predicted molar refractivity (Wildman–Crippen MR) is 65.3 cm³/mol. The van der Waals surface area contributed by atoms with Crippen molar-refractivity contribution in [2.45, 2.75) is 26.0 Å². The number of benzene rings is 1. The summed E-state index contributed by atoms with van der Waals surface area (Å²) in [7, 11) is 0. The van der Waals surface area contributed by atoms with Gasteiger partial charge in [0.15, 0.2) is 0 Å². The molecule has 0 saturated heterocycles. The Labute approximate surface area is 97.6 Å². The summed E-state index contributed by atoms with van der Waals surface area (Å²) in [5.41, 5.74) is 7.11. The van der Waals surface area contributed by atoms with Gasteiger partial charge in [0.25, 0.3) is 0 Å². The Morgan fingerprint density at radius 2 is 1.88 bits per heavy atom. The van der Waals surface area contributed by atoms with Crippen LogP contribution in [0.2, 0.25) is 0 Å². The molecule has 0 heterocycles. The van der Waals surface area contributed by atoms with Crippen LogP contribution in [-0.4, -0.2) is 25.9 Å². The number of rotatable bonds is 7. The van der Waals surface area contributed by atoms with Crippen molar-refractivity contribution < 1.29 is 9.47 Å². The van der Waals surface area contributed by atoms with Gasteiger partial charge in [0, 0.05) is 6.61 Å². The minimum absolute atomic E-state index is 0.0646. The van der Waals surface area contributed by atoms with Crippen LogP contribution in [0.25, 0.3) is 0 Å². The average molecular weight is 223 g/mol. The zero-order valence-electron chi connectivity index (χ0n) is 10.1. The molecule has 1 aromatic rings. The normalized spacial score (nSPS) is 14.7. The lowest BCUT2D eigenvalue weighted by atomic mass is 10.1. The van der Waals surface area contributed by atoms with Crippen LogP contribution in [0.4, 0.5) is 0 Å². The molecular weight excluding hydrogens is 202 g/mol. The highest BCUT2D eigenvalue weighted by atomic mass is 16.5. The molecule has 0 aliphatic rings. The van der Waals surface area contributed by atoms with Gasteiger partial charge in [0.05, 0.1) is 25.4 Å². The Bertz CT molecular complexity index is 277. The van der Waals surface area contributed by atoms with Crippen LogP contribution in [0.15, 0.2) is 30.3 Å². The molecular formula is C13H21NO2. The molecule has 0 spiro atoms. The second kappa shape index (κ2) is 7.39. The fourth-order valence-corrected chi connectivity index (χ4v) is 1.40. The molecule has 0 fully saturated rings. The first-order valence-corrected chi connectivity index (χ1v) is 5.74. The smallest absolute Gasteiger partial charge is 0.0781 e. The van der Waals surface area contributed by atoms with Crippen molar-refractivity contribution in [1.29, 1.82) is 0 Å². The van der Waals surface area contributed by atoms with Gasteiger partial charge in [-0.05, 0) is 19.4 Å². The van der Waals surface area contributed by atoms with E-state index in [4.69, 9.17) is 15.2 Å². The molecule has 0 aliphatic heterocycles. The van der Waals surface area contributed by atoms with E-state index in [0.717, 1.165) is 12.2 Å². The molecule has 0 radical (unpaired) electrons. The third-order valence-electron chi connectivity index (χ3n) is 2.34. The van der Waals surface area contributed by atoms with Gasteiger partial charge < -0.3 is 15.2 Å². The average Bonchev–Trinajstić information content (AvgIpc) is 2.34. The molecule has 0 amide bonds.